The monoisotopic (exact) mass is 237 g/mol. The van der Waals surface area contributed by atoms with Crippen molar-refractivity contribution < 1.29 is 4.79 Å². The van der Waals surface area contributed by atoms with Gasteiger partial charge in [0.1, 0.15) is 0 Å². The van der Waals surface area contributed by atoms with Crippen molar-refractivity contribution in [1.82, 2.24) is 9.80 Å². The zero-order chi connectivity index (χ0) is 13.1. The van der Waals surface area contributed by atoms with Gasteiger partial charge < -0.3 is 10.6 Å². The van der Waals surface area contributed by atoms with Crippen LogP contribution >= 0.6 is 0 Å². The number of rotatable bonds is 2. The quantitative estimate of drug-likeness (QED) is 0.695. The van der Waals surface area contributed by atoms with Crippen molar-refractivity contribution >= 4 is 5.91 Å². The van der Waals surface area contributed by atoms with Gasteiger partial charge >= 0.3 is 0 Å². The fraction of sp³-hybridized carbons (Fsp3) is 0.769. The lowest BCUT2D eigenvalue weighted by molar-refractivity contribution is -0.136. The maximum absolute atomic E-state index is 12.2. The molecule has 0 unspecified atom stereocenters. The van der Waals surface area contributed by atoms with Crippen molar-refractivity contribution in [2.24, 2.45) is 11.1 Å². The Morgan fingerprint density at radius 1 is 1.35 bits per heavy atom. The first-order valence-corrected chi connectivity index (χ1v) is 6.06. The lowest BCUT2D eigenvalue weighted by Crippen LogP contribution is -2.56. The largest absolute Gasteiger partial charge is 0.339 e. The molecule has 1 atom stereocenters. The maximum Gasteiger partial charge on any atom is 0.240 e. The van der Waals surface area contributed by atoms with E-state index in [1.807, 2.05) is 25.7 Å². The van der Waals surface area contributed by atoms with Gasteiger partial charge in [-0.2, -0.15) is 0 Å². The summed E-state index contributed by atoms with van der Waals surface area (Å²) in [7, 11) is 0. The van der Waals surface area contributed by atoms with Crippen LogP contribution < -0.4 is 5.73 Å². The molecule has 17 heavy (non-hydrogen) atoms. The van der Waals surface area contributed by atoms with Gasteiger partial charge in [0.05, 0.1) is 12.6 Å². The number of piperazine rings is 1. The predicted molar refractivity (Wildman–Crippen MR) is 69.3 cm³/mol. The second kappa shape index (κ2) is 5.52. The summed E-state index contributed by atoms with van der Waals surface area (Å²) < 4.78 is 0. The summed E-state index contributed by atoms with van der Waals surface area (Å²) >= 11 is 0. The molecule has 0 spiro atoms. The molecule has 96 valence electrons. The summed E-state index contributed by atoms with van der Waals surface area (Å²) in [6.45, 7) is 9.76. The first kappa shape index (κ1) is 14.0. The summed E-state index contributed by atoms with van der Waals surface area (Å²) in [4.78, 5) is 16.2. The summed E-state index contributed by atoms with van der Waals surface area (Å²) in [5, 5.41) is 0. The molecule has 2 N–H and O–H groups in total. The number of carbonyl (C=O) groups excluding carboxylic acids is 1. The van der Waals surface area contributed by atoms with Crippen LogP contribution in [0, 0.1) is 17.8 Å². The van der Waals surface area contributed by atoms with Gasteiger partial charge in [0.2, 0.25) is 5.91 Å². The normalized spacial score (nSPS) is 19.8. The average Bonchev–Trinajstić information content (AvgIpc) is 2.27. The Morgan fingerprint density at radius 2 is 1.88 bits per heavy atom. The molecule has 1 aliphatic rings. The molecule has 0 radical (unpaired) electrons. The lowest BCUT2D eigenvalue weighted by atomic mass is 9.86. The highest BCUT2D eigenvalue weighted by atomic mass is 16.2. The van der Waals surface area contributed by atoms with Crippen molar-refractivity contribution in [3.05, 3.63) is 0 Å². The molecule has 0 aromatic heterocycles. The van der Waals surface area contributed by atoms with E-state index in [1.54, 1.807) is 0 Å². The summed E-state index contributed by atoms with van der Waals surface area (Å²) in [5.74, 6) is 2.68. The Kier molecular flexibility index (Phi) is 4.55. The number of nitrogens with zero attached hydrogens (tertiary/aromatic N) is 2. The Hall–Kier alpha value is -1.05. The molecule has 0 saturated carbocycles. The number of nitrogens with two attached hydrogens (primary N) is 1. The van der Waals surface area contributed by atoms with E-state index in [2.05, 4.69) is 10.8 Å². The topological polar surface area (TPSA) is 49.6 Å². The third kappa shape index (κ3) is 3.72. The zero-order valence-electron chi connectivity index (χ0n) is 11.1. The van der Waals surface area contributed by atoms with Crippen LogP contribution in [-0.4, -0.2) is 54.5 Å². The molecular formula is C13H23N3O. The fourth-order valence-electron chi connectivity index (χ4n) is 1.82. The van der Waals surface area contributed by atoms with Gasteiger partial charge in [0, 0.05) is 26.2 Å². The number of hydrogen-bond acceptors (Lipinski definition) is 3. The van der Waals surface area contributed by atoms with E-state index >= 15 is 0 Å². The van der Waals surface area contributed by atoms with E-state index in [1.165, 1.54) is 0 Å². The molecule has 0 aromatic rings. The van der Waals surface area contributed by atoms with E-state index in [-0.39, 0.29) is 11.3 Å². The number of hydrogen-bond donors (Lipinski definition) is 1. The smallest absolute Gasteiger partial charge is 0.240 e. The molecule has 1 rings (SSSR count). The minimum Gasteiger partial charge on any atom is -0.339 e. The minimum absolute atomic E-state index is 0.0536. The average molecular weight is 237 g/mol. The number of terminal acetylenes is 1. The van der Waals surface area contributed by atoms with Gasteiger partial charge in [0.15, 0.2) is 0 Å². The van der Waals surface area contributed by atoms with Gasteiger partial charge in [0.25, 0.3) is 0 Å². The zero-order valence-corrected chi connectivity index (χ0v) is 11.1. The van der Waals surface area contributed by atoms with E-state index in [0.29, 0.717) is 6.54 Å². The second-order valence-corrected chi connectivity index (χ2v) is 5.65. The fourth-order valence-corrected chi connectivity index (χ4v) is 1.82. The highest BCUT2D eigenvalue weighted by molar-refractivity contribution is 5.82. The summed E-state index contributed by atoms with van der Waals surface area (Å²) in [6, 6.07) is -0.429. The van der Waals surface area contributed by atoms with Crippen LogP contribution in [0.3, 0.4) is 0 Å². The molecule has 1 amide bonds. The maximum atomic E-state index is 12.2. The van der Waals surface area contributed by atoms with Crippen molar-refractivity contribution in [1.29, 1.82) is 0 Å². The first-order valence-electron chi connectivity index (χ1n) is 6.06. The third-order valence-corrected chi connectivity index (χ3v) is 3.20. The molecule has 1 aliphatic heterocycles. The standard InChI is InChI=1S/C13H23N3O/c1-5-6-15-7-9-16(10-8-15)12(17)11(14)13(2,3)4/h1,11H,6-10,14H2,2-4H3/t11-/m1/s1. The van der Waals surface area contributed by atoms with Gasteiger partial charge in [-0.05, 0) is 5.41 Å². The molecule has 4 heteroatoms. The van der Waals surface area contributed by atoms with Crippen LogP contribution in [0.4, 0.5) is 0 Å². The van der Waals surface area contributed by atoms with Crippen LogP contribution in [0.15, 0.2) is 0 Å². The molecule has 0 aromatic carbocycles. The van der Waals surface area contributed by atoms with Gasteiger partial charge in [-0.1, -0.05) is 26.7 Å². The van der Waals surface area contributed by atoms with Gasteiger partial charge in [-0.25, -0.2) is 0 Å². The van der Waals surface area contributed by atoms with Crippen molar-refractivity contribution in [3.63, 3.8) is 0 Å². The molecular weight excluding hydrogens is 214 g/mol. The highest BCUT2D eigenvalue weighted by Crippen LogP contribution is 2.19. The molecule has 1 heterocycles. The van der Waals surface area contributed by atoms with Crippen LogP contribution in [0.1, 0.15) is 20.8 Å². The number of carbonyl (C=O) groups is 1. The van der Waals surface area contributed by atoms with E-state index in [9.17, 15) is 4.79 Å². The van der Waals surface area contributed by atoms with Crippen LogP contribution in [-0.2, 0) is 4.79 Å². The Labute approximate surface area is 104 Å². The van der Waals surface area contributed by atoms with Gasteiger partial charge in [-0.3, -0.25) is 9.69 Å². The van der Waals surface area contributed by atoms with Crippen LogP contribution in [0.5, 0.6) is 0 Å². The predicted octanol–water partition coefficient (Wildman–Crippen LogP) is 0.137. The molecule has 1 saturated heterocycles. The highest BCUT2D eigenvalue weighted by Gasteiger charge is 2.32. The Bertz CT molecular complexity index is 306. The van der Waals surface area contributed by atoms with E-state index in [0.717, 1.165) is 26.2 Å². The molecule has 0 aliphatic carbocycles. The van der Waals surface area contributed by atoms with Crippen molar-refractivity contribution in [2.75, 3.05) is 32.7 Å². The lowest BCUT2D eigenvalue weighted by Gasteiger charge is -2.37. The summed E-state index contributed by atoms with van der Waals surface area (Å²) in [6.07, 6.45) is 5.27. The Morgan fingerprint density at radius 3 is 2.29 bits per heavy atom. The Balaban J connectivity index is 2.49. The van der Waals surface area contributed by atoms with Crippen LogP contribution in [0.25, 0.3) is 0 Å². The molecule has 0 bridgehead atoms. The third-order valence-electron chi connectivity index (χ3n) is 3.20. The van der Waals surface area contributed by atoms with E-state index < -0.39 is 6.04 Å². The second-order valence-electron chi connectivity index (χ2n) is 5.65. The summed E-state index contributed by atoms with van der Waals surface area (Å²) in [5.41, 5.74) is 5.79. The van der Waals surface area contributed by atoms with Gasteiger partial charge in [-0.15, -0.1) is 6.42 Å². The SMILES string of the molecule is C#CCN1CCN(C(=O)[C@@H](N)C(C)(C)C)CC1. The van der Waals surface area contributed by atoms with Crippen molar-refractivity contribution in [2.45, 2.75) is 26.8 Å². The molecule has 4 nitrogen and oxygen atoms in total. The minimum atomic E-state index is -0.429. The van der Waals surface area contributed by atoms with Crippen molar-refractivity contribution in [3.8, 4) is 12.3 Å². The van der Waals surface area contributed by atoms with E-state index in [4.69, 9.17) is 12.2 Å². The first-order chi connectivity index (χ1) is 7.86. The molecule has 1 fully saturated rings. The van der Waals surface area contributed by atoms with Crippen LogP contribution in [0.2, 0.25) is 0 Å². The number of amides is 1.